The molecule has 0 N–H and O–H groups in total. The zero-order chi connectivity index (χ0) is 17.8. The van der Waals surface area contributed by atoms with Crippen LogP contribution in [-0.4, -0.2) is 29.6 Å². The van der Waals surface area contributed by atoms with Gasteiger partial charge in [0.1, 0.15) is 12.4 Å². The Kier molecular flexibility index (Phi) is 3.30. The van der Waals surface area contributed by atoms with Crippen molar-refractivity contribution in [2.24, 2.45) is 40.6 Å². The van der Waals surface area contributed by atoms with Crippen molar-refractivity contribution in [2.75, 3.05) is 6.61 Å². The third kappa shape index (κ3) is 2.15. The summed E-state index contributed by atoms with van der Waals surface area (Å²) in [5, 5.41) is 5.31. The summed E-state index contributed by atoms with van der Waals surface area (Å²) >= 11 is 0. The highest BCUT2D eigenvalue weighted by atomic mass is 16.5. The van der Waals surface area contributed by atoms with E-state index in [1.54, 1.807) is 12.1 Å². The minimum atomic E-state index is -0.219. The van der Waals surface area contributed by atoms with Crippen LogP contribution >= 0.6 is 0 Å². The predicted octanol–water partition coefficient (Wildman–Crippen LogP) is 2.09. The summed E-state index contributed by atoms with van der Waals surface area (Å²) in [7, 11) is 0. The van der Waals surface area contributed by atoms with Crippen molar-refractivity contribution < 1.29 is 14.3 Å². The topological polar surface area (TPSA) is 59.0 Å². The molecule has 130 valence electrons. The van der Waals surface area contributed by atoms with Crippen LogP contribution in [0, 0.1) is 47.9 Å². The van der Waals surface area contributed by atoms with E-state index in [2.05, 4.69) is 23.2 Å². The van der Waals surface area contributed by atoms with E-state index < -0.39 is 0 Å². The van der Waals surface area contributed by atoms with E-state index in [0.29, 0.717) is 17.6 Å². The molecule has 1 aliphatic heterocycles. The van der Waals surface area contributed by atoms with E-state index in [-0.39, 0.29) is 42.1 Å². The van der Waals surface area contributed by atoms with Gasteiger partial charge in [0.2, 0.25) is 0 Å². The lowest BCUT2D eigenvalue weighted by molar-refractivity contribution is -0.140. The number of hydrogen-bond donors (Lipinski definition) is 0. The molecular formula is C21H18N2O3. The molecule has 0 unspecified atom stereocenters. The van der Waals surface area contributed by atoms with Gasteiger partial charge in [-0.1, -0.05) is 30.2 Å². The molecule has 5 nitrogen and oxygen atoms in total. The quantitative estimate of drug-likeness (QED) is 0.363. The largest absolute Gasteiger partial charge is 0.481 e. The molecule has 2 saturated carbocycles. The Labute approximate surface area is 151 Å². The van der Waals surface area contributed by atoms with Gasteiger partial charge in [-0.2, -0.15) is 10.1 Å². The van der Waals surface area contributed by atoms with Crippen molar-refractivity contribution >= 4 is 18.0 Å². The smallest absolute Gasteiger partial charge is 0.254 e. The van der Waals surface area contributed by atoms with Crippen molar-refractivity contribution in [1.29, 1.82) is 0 Å². The Morgan fingerprint density at radius 2 is 1.88 bits per heavy atom. The first-order valence-electron chi connectivity index (χ1n) is 8.95. The number of nitrogens with zero attached hydrogens (tertiary/aromatic N) is 2. The molecule has 2 amide bonds. The Bertz CT molecular complexity index is 861. The summed E-state index contributed by atoms with van der Waals surface area (Å²) in [6.07, 6.45) is 12.2. The third-order valence-electron chi connectivity index (χ3n) is 6.14. The van der Waals surface area contributed by atoms with Crippen LogP contribution in [0.15, 0.2) is 41.5 Å². The molecular weight excluding hydrogens is 328 g/mol. The van der Waals surface area contributed by atoms with Crippen LogP contribution in [0.25, 0.3) is 0 Å². The van der Waals surface area contributed by atoms with E-state index in [1.807, 2.05) is 12.1 Å². The minimum Gasteiger partial charge on any atom is -0.481 e. The molecule has 0 aromatic heterocycles. The van der Waals surface area contributed by atoms with Gasteiger partial charge in [0.15, 0.2) is 0 Å². The lowest BCUT2D eigenvalue weighted by Crippen LogP contribution is -2.40. The molecule has 5 aliphatic rings. The van der Waals surface area contributed by atoms with Crippen molar-refractivity contribution in [2.45, 2.75) is 6.42 Å². The lowest BCUT2D eigenvalue weighted by atomic mass is 9.63. The third-order valence-corrected chi connectivity index (χ3v) is 6.14. The number of rotatable bonds is 4. The molecule has 1 aromatic carbocycles. The highest BCUT2D eigenvalue weighted by molar-refractivity contribution is 6.06. The first-order valence-corrected chi connectivity index (χ1v) is 8.95. The number of terminal acetylenes is 1. The molecule has 1 saturated heterocycles. The number of hydrazone groups is 1. The summed E-state index contributed by atoms with van der Waals surface area (Å²) in [5.41, 5.74) is 0.749. The number of ether oxygens (including phenoxy) is 1. The average molecular weight is 346 g/mol. The van der Waals surface area contributed by atoms with Crippen molar-refractivity contribution in [3.63, 3.8) is 0 Å². The molecule has 5 heteroatoms. The zero-order valence-electron chi connectivity index (χ0n) is 14.1. The fourth-order valence-electron chi connectivity index (χ4n) is 4.99. The summed E-state index contributed by atoms with van der Waals surface area (Å²) in [5.74, 6) is 3.92. The van der Waals surface area contributed by atoms with E-state index >= 15 is 0 Å². The van der Waals surface area contributed by atoms with Crippen LogP contribution in [0.3, 0.4) is 0 Å². The molecule has 1 heterocycles. The predicted molar refractivity (Wildman–Crippen MR) is 94.9 cm³/mol. The van der Waals surface area contributed by atoms with Gasteiger partial charge in [0.25, 0.3) is 11.8 Å². The maximum absolute atomic E-state index is 12.8. The Balaban J connectivity index is 1.37. The van der Waals surface area contributed by atoms with Crippen LogP contribution in [0.1, 0.15) is 12.0 Å². The van der Waals surface area contributed by atoms with Crippen LogP contribution in [0.4, 0.5) is 0 Å². The molecule has 4 aliphatic carbocycles. The normalized spacial score (nSPS) is 36.2. The van der Waals surface area contributed by atoms with Crippen LogP contribution < -0.4 is 4.74 Å². The molecule has 6 rings (SSSR count). The van der Waals surface area contributed by atoms with E-state index in [4.69, 9.17) is 11.2 Å². The van der Waals surface area contributed by atoms with Crippen molar-refractivity contribution in [1.82, 2.24) is 5.01 Å². The van der Waals surface area contributed by atoms with Crippen LogP contribution in [0.5, 0.6) is 5.75 Å². The number of benzene rings is 1. The Hall–Kier alpha value is -2.87. The summed E-state index contributed by atoms with van der Waals surface area (Å²) in [6.45, 7) is 0.186. The van der Waals surface area contributed by atoms with Crippen molar-refractivity contribution in [3.05, 3.63) is 42.0 Å². The van der Waals surface area contributed by atoms with Gasteiger partial charge in [-0.25, -0.2) is 0 Å². The van der Waals surface area contributed by atoms with Gasteiger partial charge in [-0.05, 0) is 47.8 Å². The van der Waals surface area contributed by atoms with E-state index in [0.717, 1.165) is 17.0 Å². The maximum atomic E-state index is 12.8. The second-order valence-electron chi connectivity index (χ2n) is 7.45. The number of hydrogen-bond acceptors (Lipinski definition) is 4. The second kappa shape index (κ2) is 5.57. The van der Waals surface area contributed by atoms with Gasteiger partial charge in [-0.3, -0.25) is 9.59 Å². The lowest BCUT2D eigenvalue weighted by Gasteiger charge is -2.37. The molecule has 2 bridgehead atoms. The first-order chi connectivity index (χ1) is 12.7. The van der Waals surface area contributed by atoms with E-state index in [9.17, 15) is 9.59 Å². The highest BCUT2D eigenvalue weighted by Gasteiger charge is 2.67. The van der Waals surface area contributed by atoms with Crippen LogP contribution in [0.2, 0.25) is 0 Å². The maximum Gasteiger partial charge on any atom is 0.254 e. The highest BCUT2D eigenvalue weighted by Crippen LogP contribution is 2.65. The van der Waals surface area contributed by atoms with Crippen LogP contribution in [-0.2, 0) is 9.59 Å². The molecule has 0 radical (unpaired) electrons. The average Bonchev–Trinajstić information content (AvgIpc) is 3.44. The number of allylic oxidation sites excluding steroid dienone is 2. The fraction of sp³-hybridized carbons (Fsp3) is 0.381. The monoisotopic (exact) mass is 346 g/mol. The molecule has 1 aromatic rings. The Morgan fingerprint density at radius 1 is 1.19 bits per heavy atom. The summed E-state index contributed by atoms with van der Waals surface area (Å²) < 4.78 is 5.39. The molecule has 26 heavy (non-hydrogen) atoms. The number of imide groups is 1. The number of amides is 2. The zero-order valence-corrected chi connectivity index (χ0v) is 14.1. The van der Waals surface area contributed by atoms with Crippen molar-refractivity contribution in [3.8, 4) is 18.1 Å². The van der Waals surface area contributed by atoms with E-state index in [1.165, 1.54) is 6.21 Å². The number of carbonyl (C=O) groups is 2. The second-order valence-corrected chi connectivity index (χ2v) is 7.45. The first kappa shape index (κ1) is 15.4. The Morgan fingerprint density at radius 3 is 2.54 bits per heavy atom. The van der Waals surface area contributed by atoms with Gasteiger partial charge in [-0.15, -0.1) is 6.42 Å². The minimum absolute atomic E-state index is 0.152. The number of carbonyl (C=O) groups excluding carboxylic acids is 2. The molecule has 0 spiro atoms. The van der Waals surface area contributed by atoms with Gasteiger partial charge >= 0.3 is 0 Å². The summed E-state index contributed by atoms with van der Waals surface area (Å²) in [4.78, 5) is 25.7. The summed E-state index contributed by atoms with van der Waals surface area (Å²) in [6, 6.07) is 7.23. The SMILES string of the molecule is C#CCOc1cccc(/C=N\N2C(=O)[C@@H]3[C@H]4C=C[C@@H]([C@@H]5C[C@@H]45)[C@H]3C2=O)c1. The standard InChI is InChI=1S/C21H18N2O3/c1-2-8-26-13-5-3-4-12(9-13)11-22-23-20(24)18-14-6-7-15(17-10-16(14)17)19(18)21(23)25/h1,3-7,9,11,14-19H,8,10H2/b22-11-/t14-,15-,16-,17-,18+,19+/m0/s1. The van der Waals surface area contributed by atoms with Gasteiger partial charge < -0.3 is 4.74 Å². The molecule has 3 fully saturated rings. The van der Waals surface area contributed by atoms with Gasteiger partial charge in [0.05, 0.1) is 18.1 Å². The fourth-order valence-corrected chi connectivity index (χ4v) is 4.99. The van der Waals surface area contributed by atoms with Gasteiger partial charge in [0, 0.05) is 0 Å². The molecule has 6 atom stereocenters.